The summed E-state index contributed by atoms with van der Waals surface area (Å²) in [6.07, 6.45) is 0. The van der Waals surface area contributed by atoms with Crippen LogP contribution in [-0.4, -0.2) is 8.80 Å². The van der Waals surface area contributed by atoms with Crippen LogP contribution in [0, 0.1) is 27.7 Å². The van der Waals surface area contributed by atoms with E-state index >= 15 is 0 Å². The molecule has 3 aromatic carbocycles. The van der Waals surface area contributed by atoms with E-state index < -0.39 is 8.80 Å². The Balaban J connectivity index is 2.31. The molecule has 3 aromatic rings. The monoisotopic (exact) mass is 350 g/mol. The highest BCUT2D eigenvalue weighted by Gasteiger charge is 2.24. The zero-order chi connectivity index (χ0) is 17.3. The number of halogens is 1. The van der Waals surface area contributed by atoms with Gasteiger partial charge in [0.05, 0.1) is 0 Å². The Bertz CT molecular complexity index is 831. The van der Waals surface area contributed by atoms with E-state index in [1.54, 1.807) is 0 Å². The quantitative estimate of drug-likeness (QED) is 0.497. The highest BCUT2D eigenvalue weighted by atomic mass is 35.5. The first-order valence-corrected chi connectivity index (χ1v) is 10.5. The van der Waals surface area contributed by atoms with Gasteiger partial charge in [-0.05, 0) is 49.3 Å². The molecule has 0 aromatic heterocycles. The van der Waals surface area contributed by atoms with Crippen molar-refractivity contribution in [2.45, 2.75) is 27.7 Å². The second-order valence-electron chi connectivity index (χ2n) is 6.67. The van der Waals surface area contributed by atoms with Crippen molar-refractivity contribution in [3.63, 3.8) is 0 Å². The summed E-state index contributed by atoms with van der Waals surface area (Å²) in [6.45, 7) is 8.78. The van der Waals surface area contributed by atoms with Crippen molar-refractivity contribution in [1.82, 2.24) is 0 Å². The second kappa shape index (κ2) is 6.96. The van der Waals surface area contributed by atoms with Crippen LogP contribution >= 0.6 is 11.6 Å². The van der Waals surface area contributed by atoms with Crippen LogP contribution in [0.3, 0.4) is 0 Å². The normalized spacial score (nSPS) is 11.1. The third-order valence-electron chi connectivity index (χ3n) is 4.71. The van der Waals surface area contributed by atoms with Gasteiger partial charge in [-0.1, -0.05) is 88.5 Å². The Kier molecular flexibility index (Phi) is 4.93. The molecule has 0 saturated heterocycles. The second-order valence-corrected chi connectivity index (χ2v) is 9.81. The van der Waals surface area contributed by atoms with Gasteiger partial charge in [0.1, 0.15) is 8.80 Å². The van der Waals surface area contributed by atoms with Crippen LogP contribution in [0.5, 0.6) is 0 Å². The number of rotatable bonds is 3. The SMILES string of the molecule is Cc1ccc(C)c([SiH](c2cc(C)ccc2C)c2ccccc2Cl)c1. The molecule has 0 N–H and O–H groups in total. The van der Waals surface area contributed by atoms with Gasteiger partial charge in [-0.2, -0.15) is 0 Å². The molecule has 0 spiro atoms. The minimum atomic E-state index is -1.61. The molecule has 0 aliphatic heterocycles. The number of aryl methyl sites for hydroxylation is 4. The number of hydrogen-bond acceptors (Lipinski definition) is 0. The first-order chi connectivity index (χ1) is 11.5. The number of hydrogen-bond donors (Lipinski definition) is 0. The van der Waals surface area contributed by atoms with Crippen molar-refractivity contribution in [3.05, 3.63) is 87.9 Å². The molecule has 0 unspecified atom stereocenters. The molecule has 0 bridgehead atoms. The molecule has 3 rings (SSSR count). The highest BCUT2D eigenvalue weighted by molar-refractivity contribution is 6.97. The smallest absolute Gasteiger partial charge is 0.0845 e. The third-order valence-corrected chi connectivity index (χ3v) is 8.85. The summed E-state index contributed by atoms with van der Waals surface area (Å²) >= 11 is 6.64. The maximum absolute atomic E-state index is 6.64. The maximum atomic E-state index is 6.64. The first kappa shape index (κ1) is 17.0. The lowest BCUT2D eigenvalue weighted by molar-refractivity contribution is 1.41. The van der Waals surface area contributed by atoms with Crippen LogP contribution in [0.4, 0.5) is 0 Å². The number of benzene rings is 3. The van der Waals surface area contributed by atoms with Crippen LogP contribution in [0.2, 0.25) is 5.02 Å². The van der Waals surface area contributed by atoms with Gasteiger partial charge in [-0.3, -0.25) is 0 Å². The Labute approximate surface area is 151 Å². The fourth-order valence-electron chi connectivity index (χ4n) is 3.35. The van der Waals surface area contributed by atoms with E-state index in [0.29, 0.717) is 0 Å². The fraction of sp³-hybridized carbons (Fsp3) is 0.182. The summed E-state index contributed by atoms with van der Waals surface area (Å²) in [7, 11) is -1.61. The van der Waals surface area contributed by atoms with E-state index in [9.17, 15) is 0 Å². The predicted octanol–water partition coefficient (Wildman–Crippen LogP) is 3.82. The average Bonchev–Trinajstić information content (AvgIpc) is 2.56. The molecule has 0 amide bonds. The van der Waals surface area contributed by atoms with Gasteiger partial charge in [0.15, 0.2) is 0 Å². The summed E-state index contributed by atoms with van der Waals surface area (Å²) in [4.78, 5) is 0. The van der Waals surface area contributed by atoms with Crippen molar-refractivity contribution in [1.29, 1.82) is 0 Å². The van der Waals surface area contributed by atoms with Gasteiger partial charge in [0.2, 0.25) is 0 Å². The fourth-order valence-corrected chi connectivity index (χ4v) is 7.46. The molecule has 24 heavy (non-hydrogen) atoms. The molecule has 0 aliphatic rings. The molecule has 2 heteroatoms. The Morgan fingerprint density at radius 3 is 1.62 bits per heavy atom. The minimum absolute atomic E-state index is 0.885. The predicted molar refractivity (Wildman–Crippen MR) is 109 cm³/mol. The topological polar surface area (TPSA) is 0 Å². The first-order valence-electron chi connectivity index (χ1n) is 8.36. The van der Waals surface area contributed by atoms with Crippen molar-refractivity contribution in [2.24, 2.45) is 0 Å². The van der Waals surface area contributed by atoms with Crippen molar-refractivity contribution in [2.75, 3.05) is 0 Å². The van der Waals surface area contributed by atoms with Crippen LogP contribution in [-0.2, 0) is 0 Å². The van der Waals surface area contributed by atoms with E-state index in [-0.39, 0.29) is 0 Å². The highest BCUT2D eigenvalue weighted by Crippen LogP contribution is 2.11. The van der Waals surface area contributed by atoms with E-state index in [4.69, 9.17) is 11.6 Å². The Hall–Kier alpha value is -1.83. The average molecular weight is 351 g/mol. The molecule has 0 nitrogen and oxygen atoms in total. The lowest BCUT2D eigenvalue weighted by Crippen LogP contribution is -2.54. The molecule has 0 saturated carbocycles. The Morgan fingerprint density at radius 2 is 1.12 bits per heavy atom. The van der Waals surface area contributed by atoms with Crippen LogP contribution in [0.15, 0.2) is 60.7 Å². The summed E-state index contributed by atoms with van der Waals surface area (Å²) < 4.78 is 0. The van der Waals surface area contributed by atoms with Crippen molar-refractivity contribution in [3.8, 4) is 0 Å². The van der Waals surface area contributed by atoms with E-state index in [2.05, 4.69) is 76.2 Å². The largest absolute Gasteiger partial charge is 0.135 e. The van der Waals surface area contributed by atoms with Gasteiger partial charge in [-0.25, -0.2) is 0 Å². The molecule has 0 fully saturated rings. The maximum Gasteiger partial charge on any atom is 0.135 e. The van der Waals surface area contributed by atoms with E-state index in [0.717, 1.165) is 5.02 Å². The lowest BCUT2D eigenvalue weighted by atomic mass is 10.2. The van der Waals surface area contributed by atoms with Gasteiger partial charge >= 0.3 is 0 Å². The minimum Gasteiger partial charge on any atom is -0.0845 e. The Morgan fingerprint density at radius 1 is 0.625 bits per heavy atom. The van der Waals surface area contributed by atoms with Gasteiger partial charge in [-0.15, -0.1) is 0 Å². The standard InChI is InChI=1S/C22H23ClSi/c1-15-9-11-17(3)21(13-15)24(20-8-6-5-7-19(20)23)22-14-16(2)10-12-18(22)4/h5-14,24H,1-4H3. The lowest BCUT2D eigenvalue weighted by Gasteiger charge is -2.23. The van der Waals surface area contributed by atoms with Crippen LogP contribution in [0.25, 0.3) is 0 Å². The van der Waals surface area contributed by atoms with Crippen molar-refractivity contribution >= 4 is 36.0 Å². The molecule has 0 atom stereocenters. The molecular formula is C22H23ClSi. The third kappa shape index (κ3) is 3.33. The van der Waals surface area contributed by atoms with Crippen molar-refractivity contribution < 1.29 is 0 Å². The summed E-state index contributed by atoms with van der Waals surface area (Å²) in [6, 6.07) is 21.9. The van der Waals surface area contributed by atoms with E-state index in [1.807, 2.05) is 12.1 Å². The summed E-state index contributed by atoms with van der Waals surface area (Å²) in [5.74, 6) is 0. The van der Waals surface area contributed by atoms with E-state index in [1.165, 1.54) is 37.8 Å². The molecule has 0 aliphatic carbocycles. The molecule has 0 radical (unpaired) electrons. The molecule has 0 heterocycles. The zero-order valence-electron chi connectivity index (χ0n) is 14.7. The van der Waals surface area contributed by atoms with Gasteiger partial charge < -0.3 is 0 Å². The molecular weight excluding hydrogens is 328 g/mol. The summed E-state index contributed by atoms with van der Waals surface area (Å²) in [5, 5.41) is 5.13. The zero-order valence-corrected chi connectivity index (χ0v) is 16.6. The van der Waals surface area contributed by atoms with Crippen LogP contribution in [0.1, 0.15) is 22.3 Å². The molecule has 122 valence electrons. The van der Waals surface area contributed by atoms with Gasteiger partial charge in [0, 0.05) is 5.02 Å². The summed E-state index contributed by atoms with van der Waals surface area (Å²) in [5.41, 5.74) is 5.34. The van der Waals surface area contributed by atoms with Gasteiger partial charge in [0.25, 0.3) is 0 Å². The van der Waals surface area contributed by atoms with Crippen LogP contribution < -0.4 is 15.6 Å².